The lowest BCUT2D eigenvalue weighted by Crippen LogP contribution is -2.48. The average molecular weight is 292 g/mol. The molecule has 0 aromatic carbocycles. The van der Waals surface area contributed by atoms with Crippen LogP contribution in [-0.2, 0) is 9.59 Å². The molecular weight excluding hydrogens is 266 g/mol. The molecule has 112 valence electrons. The van der Waals surface area contributed by atoms with Crippen LogP contribution in [0, 0.1) is 11.8 Å². The molecule has 2 amide bonds. The Hall–Kier alpha value is -0.810. The molecular formula is C13H26ClN3O2. The molecule has 0 spiro atoms. The van der Waals surface area contributed by atoms with Crippen molar-refractivity contribution in [3.8, 4) is 0 Å². The maximum atomic E-state index is 11.6. The summed E-state index contributed by atoms with van der Waals surface area (Å²) in [4.78, 5) is 23.1. The Labute approximate surface area is 121 Å². The summed E-state index contributed by atoms with van der Waals surface area (Å²) in [5.74, 6) is 0.438. The highest BCUT2D eigenvalue weighted by atomic mass is 35.5. The van der Waals surface area contributed by atoms with E-state index in [1.54, 1.807) is 0 Å². The zero-order valence-corrected chi connectivity index (χ0v) is 12.8. The first kappa shape index (κ1) is 18.2. The van der Waals surface area contributed by atoms with Gasteiger partial charge in [-0.2, -0.15) is 0 Å². The molecule has 1 saturated carbocycles. The fourth-order valence-electron chi connectivity index (χ4n) is 1.83. The van der Waals surface area contributed by atoms with E-state index in [-0.39, 0.29) is 42.7 Å². The lowest BCUT2D eigenvalue weighted by atomic mass is 10.1. The standard InChI is InChI=1S/C13H25N3O2.ClH/c1-8(2)12(14)13(18)15-7-11(17)16-9(3)6-10-4-5-10;/h8-10,12H,4-7,14H2,1-3H3,(H,15,18)(H,16,17);1H/t9?,12-;/m0./s1. The summed E-state index contributed by atoms with van der Waals surface area (Å²) < 4.78 is 0. The molecule has 2 atom stereocenters. The molecule has 0 aromatic rings. The Kier molecular flexibility index (Phi) is 8.02. The van der Waals surface area contributed by atoms with Gasteiger partial charge in [0, 0.05) is 6.04 Å². The van der Waals surface area contributed by atoms with Crippen LogP contribution in [0.2, 0.25) is 0 Å². The quantitative estimate of drug-likeness (QED) is 0.649. The summed E-state index contributed by atoms with van der Waals surface area (Å²) in [5, 5.41) is 5.44. The third-order valence-electron chi connectivity index (χ3n) is 3.24. The summed E-state index contributed by atoms with van der Waals surface area (Å²) in [7, 11) is 0. The molecule has 0 heterocycles. The van der Waals surface area contributed by atoms with Gasteiger partial charge in [-0.1, -0.05) is 26.7 Å². The lowest BCUT2D eigenvalue weighted by molar-refractivity contribution is -0.127. The summed E-state index contributed by atoms with van der Waals surface area (Å²) in [6.07, 6.45) is 3.59. The molecule has 0 bridgehead atoms. The topological polar surface area (TPSA) is 84.2 Å². The molecule has 19 heavy (non-hydrogen) atoms. The van der Waals surface area contributed by atoms with Crippen molar-refractivity contribution < 1.29 is 9.59 Å². The summed E-state index contributed by atoms with van der Waals surface area (Å²) in [6.45, 7) is 5.76. The second-order valence-corrected chi connectivity index (χ2v) is 5.64. The van der Waals surface area contributed by atoms with Crippen LogP contribution in [0.25, 0.3) is 0 Å². The van der Waals surface area contributed by atoms with Gasteiger partial charge in [0.15, 0.2) is 0 Å². The van der Waals surface area contributed by atoms with Gasteiger partial charge in [0.2, 0.25) is 11.8 Å². The van der Waals surface area contributed by atoms with E-state index in [0.717, 1.165) is 12.3 Å². The number of hydrogen-bond donors (Lipinski definition) is 3. The SMILES string of the molecule is CC(CC1CC1)NC(=O)CNC(=O)[C@@H](N)C(C)C.Cl. The molecule has 0 radical (unpaired) electrons. The number of nitrogens with one attached hydrogen (secondary N) is 2. The average Bonchev–Trinajstić information content (AvgIpc) is 3.08. The van der Waals surface area contributed by atoms with Crippen molar-refractivity contribution in [1.29, 1.82) is 0 Å². The third-order valence-corrected chi connectivity index (χ3v) is 3.24. The molecule has 1 aliphatic carbocycles. The van der Waals surface area contributed by atoms with Gasteiger partial charge < -0.3 is 16.4 Å². The van der Waals surface area contributed by atoms with Gasteiger partial charge in [-0.15, -0.1) is 12.4 Å². The van der Waals surface area contributed by atoms with E-state index in [2.05, 4.69) is 10.6 Å². The molecule has 0 aromatic heterocycles. The number of hydrogen-bond acceptors (Lipinski definition) is 3. The van der Waals surface area contributed by atoms with E-state index in [4.69, 9.17) is 5.73 Å². The van der Waals surface area contributed by atoms with Crippen LogP contribution in [0.15, 0.2) is 0 Å². The zero-order valence-electron chi connectivity index (χ0n) is 11.9. The largest absolute Gasteiger partial charge is 0.352 e. The maximum Gasteiger partial charge on any atom is 0.239 e. The van der Waals surface area contributed by atoms with Crippen LogP contribution >= 0.6 is 12.4 Å². The highest BCUT2D eigenvalue weighted by Crippen LogP contribution is 2.33. The van der Waals surface area contributed by atoms with Gasteiger partial charge >= 0.3 is 0 Å². The predicted octanol–water partition coefficient (Wildman–Crippen LogP) is 0.812. The van der Waals surface area contributed by atoms with Crippen LogP contribution in [-0.4, -0.2) is 30.4 Å². The number of amides is 2. The zero-order chi connectivity index (χ0) is 13.7. The van der Waals surface area contributed by atoms with Gasteiger partial charge in [-0.05, 0) is 25.2 Å². The van der Waals surface area contributed by atoms with E-state index in [0.29, 0.717) is 0 Å². The van der Waals surface area contributed by atoms with Crippen LogP contribution in [0.3, 0.4) is 0 Å². The minimum atomic E-state index is -0.554. The van der Waals surface area contributed by atoms with E-state index < -0.39 is 6.04 Å². The number of nitrogens with two attached hydrogens (primary N) is 1. The second-order valence-electron chi connectivity index (χ2n) is 5.64. The number of carbonyl (C=O) groups is 2. The lowest BCUT2D eigenvalue weighted by Gasteiger charge is -2.17. The van der Waals surface area contributed by atoms with Crippen molar-refractivity contribution in [2.75, 3.05) is 6.54 Å². The minimum Gasteiger partial charge on any atom is -0.352 e. The maximum absolute atomic E-state index is 11.6. The van der Waals surface area contributed by atoms with Crippen LogP contribution in [0.1, 0.15) is 40.0 Å². The van der Waals surface area contributed by atoms with E-state index in [1.165, 1.54) is 12.8 Å². The Bertz CT molecular complexity index is 306. The first-order valence-electron chi connectivity index (χ1n) is 6.72. The molecule has 1 aliphatic rings. The van der Waals surface area contributed by atoms with Crippen molar-refractivity contribution in [1.82, 2.24) is 10.6 Å². The molecule has 1 fully saturated rings. The summed E-state index contributed by atoms with van der Waals surface area (Å²) in [6, 6.07) is -0.373. The van der Waals surface area contributed by atoms with Crippen molar-refractivity contribution >= 4 is 24.2 Å². The van der Waals surface area contributed by atoms with Crippen molar-refractivity contribution in [3.05, 3.63) is 0 Å². The number of rotatable bonds is 7. The number of halogens is 1. The van der Waals surface area contributed by atoms with Gasteiger partial charge in [-0.25, -0.2) is 0 Å². The van der Waals surface area contributed by atoms with Crippen LogP contribution < -0.4 is 16.4 Å². The van der Waals surface area contributed by atoms with Crippen LogP contribution in [0.5, 0.6) is 0 Å². The molecule has 5 nitrogen and oxygen atoms in total. The van der Waals surface area contributed by atoms with E-state index in [9.17, 15) is 9.59 Å². The Morgan fingerprint density at radius 3 is 2.32 bits per heavy atom. The van der Waals surface area contributed by atoms with Crippen molar-refractivity contribution in [2.24, 2.45) is 17.6 Å². The van der Waals surface area contributed by atoms with E-state index >= 15 is 0 Å². The summed E-state index contributed by atoms with van der Waals surface area (Å²) >= 11 is 0. The normalized spacial score (nSPS) is 17.3. The fraction of sp³-hybridized carbons (Fsp3) is 0.846. The molecule has 1 rings (SSSR count). The molecule has 6 heteroatoms. The highest BCUT2D eigenvalue weighted by molar-refractivity contribution is 5.87. The first-order valence-corrected chi connectivity index (χ1v) is 6.72. The molecule has 4 N–H and O–H groups in total. The Morgan fingerprint density at radius 2 is 1.84 bits per heavy atom. The van der Waals surface area contributed by atoms with Gasteiger partial charge in [0.1, 0.15) is 0 Å². The van der Waals surface area contributed by atoms with Crippen molar-refractivity contribution in [3.63, 3.8) is 0 Å². The fourth-order valence-corrected chi connectivity index (χ4v) is 1.83. The highest BCUT2D eigenvalue weighted by Gasteiger charge is 2.24. The van der Waals surface area contributed by atoms with E-state index in [1.807, 2.05) is 20.8 Å². The Morgan fingerprint density at radius 1 is 1.26 bits per heavy atom. The van der Waals surface area contributed by atoms with Crippen LogP contribution in [0.4, 0.5) is 0 Å². The smallest absolute Gasteiger partial charge is 0.239 e. The summed E-state index contributed by atoms with van der Waals surface area (Å²) in [5.41, 5.74) is 5.68. The third kappa shape index (κ3) is 7.38. The predicted molar refractivity (Wildman–Crippen MR) is 78.0 cm³/mol. The van der Waals surface area contributed by atoms with Gasteiger partial charge in [0.05, 0.1) is 12.6 Å². The second kappa shape index (κ2) is 8.38. The monoisotopic (exact) mass is 291 g/mol. The molecule has 1 unspecified atom stereocenters. The first-order chi connectivity index (χ1) is 8.40. The Balaban J connectivity index is 0.00000324. The van der Waals surface area contributed by atoms with Gasteiger partial charge in [0.25, 0.3) is 0 Å². The number of carbonyl (C=O) groups excluding carboxylic acids is 2. The minimum absolute atomic E-state index is 0. The molecule has 0 saturated heterocycles. The van der Waals surface area contributed by atoms with Gasteiger partial charge in [-0.3, -0.25) is 9.59 Å². The molecule has 0 aliphatic heterocycles. The van der Waals surface area contributed by atoms with Crippen molar-refractivity contribution in [2.45, 2.75) is 52.1 Å².